The van der Waals surface area contributed by atoms with E-state index in [1.54, 1.807) is 0 Å². The third-order valence-corrected chi connectivity index (χ3v) is 5.44. The first-order chi connectivity index (χ1) is 10.3. The van der Waals surface area contributed by atoms with Gasteiger partial charge in [-0.25, -0.2) is 0 Å². The second kappa shape index (κ2) is 5.52. The molecule has 3 saturated carbocycles. The fraction of sp³-hybridized carbons (Fsp3) is 0.882. The largest absolute Gasteiger partial charge is 0.461 e. The van der Waals surface area contributed by atoms with Gasteiger partial charge in [-0.3, -0.25) is 9.59 Å². The molecule has 0 radical (unpaired) electrons. The Kier molecular flexibility index (Phi) is 3.96. The number of hydrogen-bond acceptors (Lipinski definition) is 5. The van der Waals surface area contributed by atoms with Gasteiger partial charge in [-0.05, 0) is 52.4 Å². The average Bonchev–Trinajstić information content (AvgIpc) is 2.71. The van der Waals surface area contributed by atoms with Gasteiger partial charge in [-0.1, -0.05) is 0 Å². The van der Waals surface area contributed by atoms with E-state index < -0.39 is 5.60 Å². The lowest BCUT2D eigenvalue weighted by Gasteiger charge is -2.49. The molecule has 4 aliphatic rings. The van der Waals surface area contributed by atoms with Crippen LogP contribution in [-0.2, 0) is 19.1 Å². The number of carbonyl (C=O) groups excluding carboxylic acids is 2. The Morgan fingerprint density at radius 2 is 2.00 bits per heavy atom. The molecular formula is C17H26O5. The molecule has 0 aromatic carbocycles. The SMILES string of the molecule is CC(C)(C)OC(=O)C1C2CCC3C(OC(=O)C31)C2CCCO. The molecule has 1 N–H and O–H groups in total. The molecule has 124 valence electrons. The van der Waals surface area contributed by atoms with E-state index in [2.05, 4.69) is 0 Å². The number of ether oxygens (including phenoxy) is 2. The van der Waals surface area contributed by atoms with Crippen molar-refractivity contribution in [1.82, 2.24) is 0 Å². The Morgan fingerprint density at radius 3 is 2.64 bits per heavy atom. The van der Waals surface area contributed by atoms with E-state index in [0.717, 1.165) is 19.3 Å². The topological polar surface area (TPSA) is 72.8 Å². The van der Waals surface area contributed by atoms with Crippen LogP contribution >= 0.6 is 0 Å². The van der Waals surface area contributed by atoms with Crippen LogP contribution in [0.5, 0.6) is 0 Å². The molecule has 0 aromatic rings. The number of carbonyl (C=O) groups is 2. The molecule has 4 fully saturated rings. The van der Waals surface area contributed by atoms with Crippen molar-refractivity contribution in [3.05, 3.63) is 0 Å². The van der Waals surface area contributed by atoms with Gasteiger partial charge in [0.25, 0.3) is 0 Å². The van der Waals surface area contributed by atoms with E-state index in [1.165, 1.54) is 0 Å². The number of fused-ring (bicyclic) bond motifs is 1. The predicted molar refractivity (Wildman–Crippen MR) is 78.7 cm³/mol. The van der Waals surface area contributed by atoms with Crippen molar-refractivity contribution in [3.8, 4) is 0 Å². The van der Waals surface area contributed by atoms with E-state index in [1.807, 2.05) is 20.8 Å². The van der Waals surface area contributed by atoms with Crippen LogP contribution in [-0.4, -0.2) is 35.4 Å². The van der Waals surface area contributed by atoms with Crippen molar-refractivity contribution in [2.45, 2.75) is 58.2 Å². The number of esters is 2. The normalized spacial score (nSPS) is 39.7. The molecule has 4 bridgehead atoms. The van der Waals surface area contributed by atoms with Gasteiger partial charge in [0, 0.05) is 18.4 Å². The van der Waals surface area contributed by atoms with Gasteiger partial charge in [-0.2, -0.15) is 0 Å². The maximum atomic E-state index is 12.7. The minimum absolute atomic E-state index is 0.0542. The summed E-state index contributed by atoms with van der Waals surface area (Å²) in [6.45, 7) is 5.69. The smallest absolute Gasteiger partial charge is 0.310 e. The molecule has 1 heterocycles. The van der Waals surface area contributed by atoms with Gasteiger partial charge in [0.15, 0.2) is 0 Å². The molecule has 5 heteroatoms. The van der Waals surface area contributed by atoms with Gasteiger partial charge in [0.2, 0.25) is 0 Å². The van der Waals surface area contributed by atoms with E-state index in [4.69, 9.17) is 14.6 Å². The van der Waals surface area contributed by atoms with Gasteiger partial charge in [0.05, 0.1) is 11.8 Å². The standard InChI is InChI=1S/C17H26O5/c1-17(2,3)22-16(20)12-9-6-7-11-13(12)15(19)21-14(11)10(9)5-4-8-18/h9-14,18H,4-8H2,1-3H3. The van der Waals surface area contributed by atoms with E-state index in [0.29, 0.717) is 6.42 Å². The molecule has 0 aromatic heterocycles. The van der Waals surface area contributed by atoms with Crippen molar-refractivity contribution >= 4 is 11.9 Å². The van der Waals surface area contributed by atoms with Crippen LogP contribution in [0.4, 0.5) is 0 Å². The quantitative estimate of drug-likeness (QED) is 0.803. The Hall–Kier alpha value is -1.10. The number of aliphatic hydroxyl groups excluding tert-OH is 1. The minimum Gasteiger partial charge on any atom is -0.461 e. The summed E-state index contributed by atoms with van der Waals surface area (Å²) in [5, 5.41) is 9.12. The third kappa shape index (κ3) is 2.53. The first-order valence-corrected chi connectivity index (χ1v) is 8.37. The summed E-state index contributed by atoms with van der Waals surface area (Å²) < 4.78 is 11.2. The fourth-order valence-corrected chi connectivity index (χ4v) is 4.79. The minimum atomic E-state index is -0.545. The number of rotatable bonds is 4. The Labute approximate surface area is 131 Å². The van der Waals surface area contributed by atoms with Crippen molar-refractivity contribution in [2.75, 3.05) is 6.61 Å². The second-order valence-corrected chi connectivity index (χ2v) is 7.92. The number of hydrogen-bond donors (Lipinski definition) is 1. The summed E-state index contributed by atoms with van der Waals surface area (Å²) in [6.07, 6.45) is 3.35. The van der Waals surface area contributed by atoms with Crippen LogP contribution in [0, 0.1) is 29.6 Å². The molecule has 22 heavy (non-hydrogen) atoms. The summed E-state index contributed by atoms with van der Waals surface area (Å²) in [5.74, 6) is -0.671. The molecule has 1 aliphatic heterocycles. The highest BCUT2D eigenvalue weighted by Gasteiger charge is 2.64. The lowest BCUT2D eigenvalue weighted by atomic mass is 9.53. The van der Waals surface area contributed by atoms with Gasteiger partial charge >= 0.3 is 11.9 Å². The van der Waals surface area contributed by atoms with Crippen LogP contribution in [0.25, 0.3) is 0 Å². The van der Waals surface area contributed by atoms with Crippen LogP contribution in [0.2, 0.25) is 0 Å². The Morgan fingerprint density at radius 1 is 1.32 bits per heavy atom. The molecule has 3 aliphatic carbocycles. The molecule has 5 nitrogen and oxygen atoms in total. The molecule has 6 unspecified atom stereocenters. The summed E-state index contributed by atoms with van der Waals surface area (Å²) in [5.41, 5.74) is -0.545. The van der Waals surface area contributed by atoms with Crippen LogP contribution in [0.15, 0.2) is 0 Å². The third-order valence-electron chi connectivity index (χ3n) is 5.44. The molecule has 0 spiro atoms. The van der Waals surface area contributed by atoms with E-state index in [-0.39, 0.29) is 54.2 Å². The molecule has 4 rings (SSSR count). The van der Waals surface area contributed by atoms with Crippen molar-refractivity contribution < 1.29 is 24.2 Å². The summed E-state index contributed by atoms with van der Waals surface area (Å²) in [4.78, 5) is 24.9. The van der Waals surface area contributed by atoms with Crippen molar-refractivity contribution in [1.29, 1.82) is 0 Å². The first kappa shape index (κ1) is 15.8. The van der Waals surface area contributed by atoms with Gasteiger partial charge in [0.1, 0.15) is 11.7 Å². The zero-order valence-electron chi connectivity index (χ0n) is 13.6. The van der Waals surface area contributed by atoms with E-state index >= 15 is 0 Å². The van der Waals surface area contributed by atoms with Crippen LogP contribution < -0.4 is 0 Å². The van der Waals surface area contributed by atoms with Crippen LogP contribution in [0.3, 0.4) is 0 Å². The average molecular weight is 310 g/mol. The molecular weight excluding hydrogens is 284 g/mol. The van der Waals surface area contributed by atoms with Gasteiger partial charge in [-0.15, -0.1) is 0 Å². The maximum Gasteiger partial charge on any atom is 0.310 e. The summed E-state index contributed by atoms with van der Waals surface area (Å²) in [7, 11) is 0. The van der Waals surface area contributed by atoms with Gasteiger partial charge < -0.3 is 14.6 Å². The van der Waals surface area contributed by atoms with Crippen molar-refractivity contribution in [2.24, 2.45) is 29.6 Å². The monoisotopic (exact) mass is 310 g/mol. The lowest BCUT2D eigenvalue weighted by Crippen LogP contribution is -2.53. The maximum absolute atomic E-state index is 12.7. The highest BCUT2D eigenvalue weighted by Crippen LogP contribution is 2.58. The summed E-state index contributed by atoms with van der Waals surface area (Å²) >= 11 is 0. The Balaban J connectivity index is 1.86. The molecule has 6 atom stereocenters. The predicted octanol–water partition coefficient (Wildman–Crippen LogP) is 1.91. The first-order valence-electron chi connectivity index (χ1n) is 8.37. The second-order valence-electron chi connectivity index (χ2n) is 7.92. The van der Waals surface area contributed by atoms with Crippen molar-refractivity contribution in [3.63, 3.8) is 0 Å². The molecule has 0 amide bonds. The lowest BCUT2D eigenvalue weighted by molar-refractivity contribution is -0.173. The Bertz CT molecular complexity index is 466. The van der Waals surface area contributed by atoms with Crippen LogP contribution in [0.1, 0.15) is 46.5 Å². The molecule has 1 saturated heterocycles. The highest BCUT2D eigenvalue weighted by molar-refractivity contribution is 5.85. The zero-order valence-corrected chi connectivity index (χ0v) is 13.6. The fourth-order valence-electron chi connectivity index (χ4n) is 4.79. The van der Waals surface area contributed by atoms with E-state index in [9.17, 15) is 9.59 Å². The number of aliphatic hydroxyl groups is 1. The summed E-state index contributed by atoms with van der Waals surface area (Å²) in [6, 6.07) is 0. The highest BCUT2D eigenvalue weighted by atomic mass is 16.6. The zero-order chi connectivity index (χ0) is 16.1.